The SMILES string of the molecule is CCNC(=NCc1ncc(C)s1)NCCc1ccc(OC2CCCC2)cc1. The van der Waals surface area contributed by atoms with Crippen molar-refractivity contribution in [1.29, 1.82) is 0 Å². The number of thiazole rings is 1. The van der Waals surface area contributed by atoms with E-state index in [0.717, 1.165) is 36.2 Å². The zero-order valence-corrected chi connectivity index (χ0v) is 17.1. The topological polar surface area (TPSA) is 58.5 Å². The summed E-state index contributed by atoms with van der Waals surface area (Å²) >= 11 is 1.70. The van der Waals surface area contributed by atoms with Crippen LogP contribution < -0.4 is 15.4 Å². The number of nitrogens with one attached hydrogen (secondary N) is 2. The summed E-state index contributed by atoms with van der Waals surface area (Å²) in [5, 5.41) is 7.74. The van der Waals surface area contributed by atoms with Crippen LogP contribution in [0.1, 0.15) is 48.1 Å². The highest BCUT2D eigenvalue weighted by molar-refractivity contribution is 7.11. The molecule has 1 fully saturated rings. The average molecular weight is 387 g/mol. The number of rotatable bonds is 8. The van der Waals surface area contributed by atoms with Gasteiger partial charge in [0.05, 0.1) is 12.6 Å². The van der Waals surface area contributed by atoms with Crippen LogP contribution in [0, 0.1) is 6.92 Å². The zero-order valence-electron chi connectivity index (χ0n) is 16.3. The summed E-state index contributed by atoms with van der Waals surface area (Å²) in [5.41, 5.74) is 1.30. The number of aliphatic imine (C=N–C) groups is 1. The maximum Gasteiger partial charge on any atom is 0.191 e. The average Bonchev–Trinajstić information content (AvgIpc) is 3.33. The van der Waals surface area contributed by atoms with Crippen molar-refractivity contribution in [3.8, 4) is 5.75 Å². The van der Waals surface area contributed by atoms with E-state index in [0.29, 0.717) is 12.6 Å². The zero-order chi connectivity index (χ0) is 18.9. The Labute approximate surface area is 166 Å². The van der Waals surface area contributed by atoms with Gasteiger partial charge in [0.25, 0.3) is 0 Å². The molecule has 1 heterocycles. The van der Waals surface area contributed by atoms with Gasteiger partial charge in [-0.25, -0.2) is 9.98 Å². The molecule has 146 valence electrons. The molecule has 0 aliphatic heterocycles. The van der Waals surface area contributed by atoms with Gasteiger partial charge in [0.15, 0.2) is 5.96 Å². The highest BCUT2D eigenvalue weighted by Gasteiger charge is 2.16. The number of aryl methyl sites for hydroxylation is 1. The van der Waals surface area contributed by atoms with Crippen molar-refractivity contribution >= 4 is 17.3 Å². The van der Waals surface area contributed by atoms with Crippen LogP contribution in [0.25, 0.3) is 0 Å². The van der Waals surface area contributed by atoms with Crippen LogP contribution in [0.4, 0.5) is 0 Å². The molecule has 0 unspecified atom stereocenters. The number of hydrogen-bond acceptors (Lipinski definition) is 4. The summed E-state index contributed by atoms with van der Waals surface area (Å²) < 4.78 is 6.03. The van der Waals surface area contributed by atoms with Gasteiger partial charge in [-0.1, -0.05) is 12.1 Å². The molecule has 0 atom stereocenters. The highest BCUT2D eigenvalue weighted by Crippen LogP contribution is 2.24. The predicted molar refractivity (Wildman–Crippen MR) is 113 cm³/mol. The monoisotopic (exact) mass is 386 g/mol. The lowest BCUT2D eigenvalue weighted by Gasteiger charge is -2.14. The minimum absolute atomic E-state index is 0.415. The molecular weight excluding hydrogens is 356 g/mol. The standard InChI is InChI=1S/C21H30N4OS/c1-3-22-21(25-15-20-24-14-16(2)27-20)23-13-12-17-8-10-19(11-9-17)26-18-6-4-5-7-18/h8-11,14,18H,3-7,12-13,15H2,1-2H3,(H2,22,23,25). The molecule has 1 aromatic carbocycles. The van der Waals surface area contributed by atoms with Gasteiger partial charge in [0, 0.05) is 24.2 Å². The fourth-order valence-electron chi connectivity index (χ4n) is 3.22. The molecule has 0 bridgehead atoms. The fourth-order valence-corrected chi connectivity index (χ4v) is 3.93. The molecule has 6 heteroatoms. The molecule has 1 aliphatic rings. The summed E-state index contributed by atoms with van der Waals surface area (Å²) in [6.45, 7) is 6.44. The van der Waals surface area contributed by atoms with E-state index in [4.69, 9.17) is 4.74 Å². The molecule has 0 amide bonds. The first-order chi connectivity index (χ1) is 13.2. The molecule has 27 heavy (non-hydrogen) atoms. The van der Waals surface area contributed by atoms with Crippen molar-refractivity contribution in [3.05, 3.63) is 45.9 Å². The third-order valence-electron chi connectivity index (χ3n) is 4.62. The van der Waals surface area contributed by atoms with Crippen LogP contribution in [0.5, 0.6) is 5.75 Å². The second kappa shape index (κ2) is 10.3. The van der Waals surface area contributed by atoms with Gasteiger partial charge >= 0.3 is 0 Å². The molecule has 5 nitrogen and oxygen atoms in total. The Hall–Kier alpha value is -2.08. The number of aromatic nitrogens is 1. The Morgan fingerprint density at radius 2 is 2.00 bits per heavy atom. The van der Waals surface area contributed by atoms with Crippen LogP contribution in [0.2, 0.25) is 0 Å². The minimum Gasteiger partial charge on any atom is -0.490 e. The van der Waals surface area contributed by atoms with E-state index in [2.05, 4.69) is 58.7 Å². The van der Waals surface area contributed by atoms with Crippen molar-refractivity contribution in [3.63, 3.8) is 0 Å². The van der Waals surface area contributed by atoms with E-state index >= 15 is 0 Å². The van der Waals surface area contributed by atoms with E-state index < -0.39 is 0 Å². The number of guanidine groups is 1. The summed E-state index contributed by atoms with van der Waals surface area (Å²) in [6.07, 6.45) is 8.24. The quantitative estimate of drug-likeness (QED) is 0.530. The summed E-state index contributed by atoms with van der Waals surface area (Å²) in [5.74, 6) is 1.83. The lowest BCUT2D eigenvalue weighted by atomic mass is 10.1. The van der Waals surface area contributed by atoms with Gasteiger partial charge in [-0.3, -0.25) is 0 Å². The van der Waals surface area contributed by atoms with E-state index in [-0.39, 0.29) is 0 Å². The Kier molecular flexibility index (Phi) is 7.51. The van der Waals surface area contributed by atoms with Crippen molar-refractivity contribution in [2.75, 3.05) is 13.1 Å². The maximum atomic E-state index is 6.03. The first kappa shape index (κ1) is 19.7. The van der Waals surface area contributed by atoms with Crippen LogP contribution in [0.15, 0.2) is 35.5 Å². The first-order valence-corrected chi connectivity index (χ1v) is 10.7. The molecule has 1 saturated carbocycles. The van der Waals surface area contributed by atoms with Gasteiger partial charge in [0.2, 0.25) is 0 Å². The maximum absolute atomic E-state index is 6.03. The van der Waals surface area contributed by atoms with Crippen molar-refractivity contribution in [1.82, 2.24) is 15.6 Å². The lowest BCUT2D eigenvalue weighted by molar-refractivity contribution is 0.210. The normalized spacial score (nSPS) is 15.1. The van der Waals surface area contributed by atoms with Gasteiger partial charge in [0.1, 0.15) is 10.8 Å². The molecule has 1 aromatic heterocycles. The van der Waals surface area contributed by atoms with Crippen LogP contribution in [-0.2, 0) is 13.0 Å². The molecule has 2 aromatic rings. The predicted octanol–water partition coefficient (Wildman–Crippen LogP) is 4.07. The van der Waals surface area contributed by atoms with Crippen molar-refractivity contribution in [2.24, 2.45) is 4.99 Å². The van der Waals surface area contributed by atoms with Crippen LogP contribution >= 0.6 is 11.3 Å². The van der Waals surface area contributed by atoms with E-state index in [1.54, 1.807) is 11.3 Å². The van der Waals surface area contributed by atoms with E-state index in [9.17, 15) is 0 Å². The Bertz CT molecular complexity index is 720. The van der Waals surface area contributed by atoms with Crippen LogP contribution in [-0.4, -0.2) is 30.1 Å². The molecule has 0 spiro atoms. The smallest absolute Gasteiger partial charge is 0.191 e. The summed E-state index contributed by atoms with van der Waals surface area (Å²) in [7, 11) is 0. The minimum atomic E-state index is 0.415. The second-order valence-electron chi connectivity index (χ2n) is 6.90. The van der Waals surface area contributed by atoms with Crippen molar-refractivity contribution < 1.29 is 4.74 Å². The van der Waals surface area contributed by atoms with E-state index in [1.807, 2.05) is 6.20 Å². The lowest BCUT2D eigenvalue weighted by Crippen LogP contribution is -2.38. The van der Waals surface area contributed by atoms with Gasteiger partial charge < -0.3 is 15.4 Å². The highest BCUT2D eigenvalue weighted by atomic mass is 32.1. The number of ether oxygens (including phenoxy) is 1. The van der Waals surface area contributed by atoms with E-state index in [1.165, 1.54) is 36.1 Å². The fraction of sp³-hybridized carbons (Fsp3) is 0.524. The van der Waals surface area contributed by atoms with Gasteiger partial charge in [-0.15, -0.1) is 11.3 Å². The number of hydrogen-bond donors (Lipinski definition) is 2. The Morgan fingerprint density at radius 3 is 2.67 bits per heavy atom. The van der Waals surface area contributed by atoms with Crippen LogP contribution in [0.3, 0.4) is 0 Å². The largest absolute Gasteiger partial charge is 0.490 e. The molecular formula is C21H30N4OS. The first-order valence-electron chi connectivity index (χ1n) is 9.92. The Morgan fingerprint density at radius 1 is 1.22 bits per heavy atom. The summed E-state index contributed by atoms with van der Waals surface area (Å²) in [4.78, 5) is 10.2. The summed E-state index contributed by atoms with van der Waals surface area (Å²) in [6, 6.07) is 8.51. The van der Waals surface area contributed by atoms with Gasteiger partial charge in [-0.05, 0) is 63.6 Å². The second-order valence-corrected chi connectivity index (χ2v) is 8.22. The molecule has 2 N–H and O–H groups in total. The number of nitrogens with zero attached hydrogens (tertiary/aromatic N) is 2. The molecule has 3 rings (SSSR count). The molecule has 1 aliphatic carbocycles. The Balaban J connectivity index is 1.44. The molecule has 0 saturated heterocycles. The molecule has 0 radical (unpaired) electrons. The van der Waals surface area contributed by atoms with Gasteiger partial charge in [-0.2, -0.15) is 0 Å². The third-order valence-corrected chi connectivity index (χ3v) is 5.52. The van der Waals surface area contributed by atoms with Crippen molar-refractivity contribution in [2.45, 2.75) is 58.6 Å². The third kappa shape index (κ3) is 6.54. The number of benzene rings is 1.